The van der Waals surface area contributed by atoms with E-state index in [0.29, 0.717) is 18.8 Å². The number of aromatic nitrogens is 2. The molecule has 1 N–H and O–H groups in total. The number of ether oxygens (including phenoxy) is 1. The second-order valence-electron chi connectivity index (χ2n) is 8.05. The molecule has 0 bridgehead atoms. The van der Waals surface area contributed by atoms with E-state index in [1.165, 1.54) is 0 Å². The summed E-state index contributed by atoms with van der Waals surface area (Å²) in [4.78, 5) is 9.80. The van der Waals surface area contributed by atoms with Gasteiger partial charge in [-0.3, -0.25) is 0 Å². The van der Waals surface area contributed by atoms with E-state index in [4.69, 9.17) is 4.74 Å². The van der Waals surface area contributed by atoms with Crippen LogP contribution in [-0.2, 0) is 10.9 Å². The van der Waals surface area contributed by atoms with E-state index < -0.39 is 11.9 Å². The summed E-state index contributed by atoms with van der Waals surface area (Å²) in [6, 6.07) is 16.5. The van der Waals surface area contributed by atoms with Crippen molar-refractivity contribution in [3.8, 4) is 11.1 Å². The van der Waals surface area contributed by atoms with Gasteiger partial charge in [0.15, 0.2) is 0 Å². The van der Waals surface area contributed by atoms with Gasteiger partial charge in [-0.1, -0.05) is 30.3 Å². The van der Waals surface area contributed by atoms with Crippen molar-refractivity contribution in [3.63, 3.8) is 0 Å². The Hall–Kier alpha value is -3.13. The van der Waals surface area contributed by atoms with Crippen molar-refractivity contribution in [2.45, 2.75) is 25.6 Å². The van der Waals surface area contributed by atoms with E-state index in [9.17, 15) is 13.2 Å². The summed E-state index contributed by atoms with van der Waals surface area (Å²) in [5.41, 5.74) is 2.23. The predicted octanol–water partition coefficient (Wildman–Crippen LogP) is 5.52. The summed E-state index contributed by atoms with van der Waals surface area (Å²) in [5.74, 6) is -0.103. The Morgan fingerprint density at radius 2 is 1.81 bits per heavy atom. The van der Waals surface area contributed by atoms with Gasteiger partial charge >= 0.3 is 6.18 Å². The van der Waals surface area contributed by atoms with Crippen LogP contribution in [0.15, 0.2) is 60.8 Å². The minimum Gasteiger partial charge on any atom is -0.372 e. The normalized spacial score (nSPS) is 16.2. The van der Waals surface area contributed by atoms with Crippen LogP contribution in [0.4, 0.5) is 30.5 Å². The molecule has 0 aliphatic carbocycles. The fourth-order valence-electron chi connectivity index (χ4n) is 3.61. The highest BCUT2D eigenvalue weighted by Crippen LogP contribution is 2.33. The van der Waals surface area contributed by atoms with Crippen LogP contribution < -0.4 is 10.2 Å². The molecule has 0 radical (unpaired) electrons. The number of halogens is 3. The molecule has 1 aliphatic heterocycles. The third kappa shape index (κ3) is 5.14. The first kappa shape index (κ1) is 21.1. The summed E-state index contributed by atoms with van der Waals surface area (Å²) < 4.78 is 44.9. The molecule has 1 saturated heterocycles. The van der Waals surface area contributed by atoms with E-state index in [1.807, 2.05) is 56.3 Å². The van der Waals surface area contributed by atoms with Gasteiger partial charge in [0, 0.05) is 30.7 Å². The first-order valence-electron chi connectivity index (χ1n) is 9.96. The number of morpholine rings is 1. The lowest BCUT2D eigenvalue weighted by atomic mass is 10.0. The van der Waals surface area contributed by atoms with E-state index in [2.05, 4.69) is 26.3 Å². The van der Waals surface area contributed by atoms with Crippen LogP contribution in [0, 0.1) is 0 Å². The summed E-state index contributed by atoms with van der Waals surface area (Å²) >= 11 is 0. The number of benzene rings is 2. The van der Waals surface area contributed by atoms with Crippen molar-refractivity contribution >= 4 is 17.3 Å². The van der Waals surface area contributed by atoms with Gasteiger partial charge in [-0.25, -0.2) is 9.97 Å². The van der Waals surface area contributed by atoms with Gasteiger partial charge in [-0.2, -0.15) is 13.2 Å². The Balaban J connectivity index is 1.72. The van der Waals surface area contributed by atoms with Gasteiger partial charge in [-0.15, -0.1) is 0 Å². The number of nitrogens with one attached hydrogen (secondary N) is 1. The van der Waals surface area contributed by atoms with Gasteiger partial charge in [-0.05, 0) is 49.2 Å². The summed E-state index contributed by atoms with van der Waals surface area (Å²) in [7, 11) is 0. The number of rotatable bonds is 4. The highest BCUT2D eigenvalue weighted by molar-refractivity contribution is 5.76. The number of nitrogens with zero attached hydrogens (tertiary/aromatic N) is 3. The monoisotopic (exact) mass is 428 g/mol. The topological polar surface area (TPSA) is 50.3 Å². The molecule has 0 saturated carbocycles. The molecular weight excluding hydrogens is 405 g/mol. The zero-order valence-electron chi connectivity index (χ0n) is 17.3. The molecule has 0 unspecified atom stereocenters. The second-order valence-corrected chi connectivity index (χ2v) is 8.05. The molecule has 2 heterocycles. The highest BCUT2D eigenvalue weighted by Gasteiger charge is 2.33. The predicted molar refractivity (Wildman–Crippen MR) is 114 cm³/mol. The number of alkyl halides is 3. The first-order valence-corrected chi connectivity index (χ1v) is 9.96. The maximum atomic E-state index is 13.0. The fourth-order valence-corrected chi connectivity index (χ4v) is 3.61. The van der Waals surface area contributed by atoms with Crippen molar-refractivity contribution < 1.29 is 17.9 Å². The maximum absolute atomic E-state index is 13.0. The summed E-state index contributed by atoms with van der Waals surface area (Å²) in [6.07, 6.45) is -3.43. The molecule has 0 spiro atoms. The molecule has 5 nitrogen and oxygen atoms in total. The van der Waals surface area contributed by atoms with Crippen LogP contribution >= 0.6 is 0 Å². The van der Waals surface area contributed by atoms with Crippen LogP contribution in [-0.4, -0.2) is 35.3 Å². The highest BCUT2D eigenvalue weighted by atomic mass is 19.4. The lowest BCUT2D eigenvalue weighted by molar-refractivity contribution is -0.141. The largest absolute Gasteiger partial charge is 0.433 e. The van der Waals surface area contributed by atoms with Crippen LogP contribution in [0.3, 0.4) is 0 Å². The van der Waals surface area contributed by atoms with Gasteiger partial charge in [0.1, 0.15) is 5.69 Å². The minimum absolute atomic E-state index is 0.103. The van der Waals surface area contributed by atoms with Gasteiger partial charge < -0.3 is 15.0 Å². The summed E-state index contributed by atoms with van der Waals surface area (Å²) in [5, 5.41) is 2.95. The van der Waals surface area contributed by atoms with E-state index >= 15 is 0 Å². The van der Waals surface area contributed by atoms with E-state index in [1.54, 1.807) is 0 Å². The molecule has 162 valence electrons. The Labute approximate surface area is 178 Å². The second kappa shape index (κ2) is 8.19. The van der Waals surface area contributed by atoms with E-state index in [0.717, 1.165) is 35.6 Å². The number of anilines is 3. The lowest BCUT2D eigenvalue weighted by Gasteiger charge is -2.39. The van der Waals surface area contributed by atoms with Gasteiger partial charge in [0.25, 0.3) is 0 Å². The van der Waals surface area contributed by atoms with Crippen LogP contribution in [0.2, 0.25) is 0 Å². The Bertz CT molecular complexity index is 1050. The van der Waals surface area contributed by atoms with Crippen molar-refractivity contribution in [1.29, 1.82) is 0 Å². The summed E-state index contributed by atoms with van der Waals surface area (Å²) in [6.45, 7) is 6.10. The molecule has 2 aromatic carbocycles. The molecule has 31 heavy (non-hydrogen) atoms. The fraction of sp³-hybridized carbons (Fsp3) is 0.304. The standard InChI is InChI=1S/C23H23F3N4O/c1-22(2)15-30(10-11-31-22)19-13-17(16-6-4-3-5-7-16)12-18(14-19)28-21-27-9-8-20(29-21)23(24,25)26/h3-9,12-14H,10-11,15H2,1-2H3,(H,27,28,29). The Morgan fingerprint density at radius 3 is 2.52 bits per heavy atom. The number of hydrogen-bond donors (Lipinski definition) is 1. The van der Waals surface area contributed by atoms with E-state index in [-0.39, 0.29) is 11.5 Å². The molecule has 8 heteroatoms. The molecule has 1 fully saturated rings. The van der Waals surface area contributed by atoms with Crippen molar-refractivity contribution in [3.05, 3.63) is 66.5 Å². The molecule has 0 atom stereocenters. The van der Waals surface area contributed by atoms with Crippen LogP contribution in [0.5, 0.6) is 0 Å². The minimum atomic E-state index is -4.53. The van der Waals surface area contributed by atoms with Gasteiger partial charge in [0.05, 0.1) is 12.2 Å². The average Bonchev–Trinajstić information content (AvgIpc) is 2.73. The first-order chi connectivity index (χ1) is 14.7. The molecule has 0 amide bonds. The zero-order chi connectivity index (χ0) is 22.1. The van der Waals surface area contributed by atoms with Crippen molar-refractivity contribution in [2.24, 2.45) is 0 Å². The molecule has 3 aromatic rings. The maximum Gasteiger partial charge on any atom is 0.433 e. The quantitative estimate of drug-likeness (QED) is 0.593. The molecular formula is C23H23F3N4O. The number of hydrogen-bond acceptors (Lipinski definition) is 5. The smallest absolute Gasteiger partial charge is 0.372 e. The lowest BCUT2D eigenvalue weighted by Crippen LogP contribution is -2.48. The zero-order valence-corrected chi connectivity index (χ0v) is 17.3. The SMILES string of the molecule is CC1(C)CN(c2cc(Nc3nccc(C(F)(F)F)n3)cc(-c3ccccc3)c2)CCO1. The van der Waals surface area contributed by atoms with Crippen LogP contribution in [0.25, 0.3) is 11.1 Å². The van der Waals surface area contributed by atoms with Crippen LogP contribution in [0.1, 0.15) is 19.5 Å². The molecule has 1 aliphatic rings. The van der Waals surface area contributed by atoms with Gasteiger partial charge in [0.2, 0.25) is 5.95 Å². The van der Waals surface area contributed by atoms with Crippen molar-refractivity contribution in [1.82, 2.24) is 9.97 Å². The third-order valence-corrected chi connectivity index (χ3v) is 5.02. The average molecular weight is 428 g/mol. The molecule has 4 rings (SSSR count). The Morgan fingerprint density at radius 1 is 1.03 bits per heavy atom. The third-order valence-electron chi connectivity index (χ3n) is 5.02. The molecule has 1 aromatic heterocycles. The Kier molecular flexibility index (Phi) is 5.58. The van der Waals surface area contributed by atoms with Crippen molar-refractivity contribution in [2.75, 3.05) is 29.9 Å².